The molecule has 0 spiro atoms. The van der Waals surface area contributed by atoms with E-state index in [0.717, 1.165) is 5.39 Å². The van der Waals surface area contributed by atoms with Crippen molar-refractivity contribution in [2.24, 2.45) is 0 Å². The summed E-state index contributed by atoms with van der Waals surface area (Å²) in [6.45, 7) is 1.53. The Morgan fingerprint density at radius 2 is 1.68 bits per heavy atom. The Morgan fingerprint density at radius 3 is 2.35 bits per heavy atom. The second kappa shape index (κ2) is 8.26. The Labute approximate surface area is 185 Å². The predicted molar refractivity (Wildman–Crippen MR) is 114 cm³/mol. The molecule has 0 bridgehead atoms. The van der Waals surface area contributed by atoms with Gasteiger partial charge in [-0.2, -0.15) is 14.8 Å². The Bertz CT molecular complexity index is 1210. The van der Waals surface area contributed by atoms with Crippen LogP contribution in [0.4, 0.5) is 0 Å². The third-order valence-corrected chi connectivity index (χ3v) is 7.91. The normalized spacial score (nSPS) is 20.0. The van der Waals surface area contributed by atoms with Crippen LogP contribution in [-0.4, -0.2) is 60.1 Å². The summed E-state index contributed by atoms with van der Waals surface area (Å²) in [5, 5.41) is 20.7. The number of likely N-dealkylation sites (tertiary alicyclic amines) is 2. The van der Waals surface area contributed by atoms with Gasteiger partial charge in [-0.25, -0.2) is 8.42 Å². The van der Waals surface area contributed by atoms with Crippen LogP contribution in [-0.2, 0) is 14.8 Å². The smallest absolute Gasteiger partial charge is 0.273 e. The lowest BCUT2D eigenvalue weighted by Gasteiger charge is -2.34. The molecule has 1 atom stereocenters. The number of hydrogen-bond donors (Lipinski definition) is 0. The molecular formula is C21H20ClN5O3S. The predicted octanol–water partition coefficient (Wildman–Crippen LogP) is 2.51. The van der Waals surface area contributed by atoms with Crippen molar-refractivity contribution in [3.05, 3.63) is 41.4 Å². The number of carbonyl (C=O) groups is 1. The Hall–Kier alpha value is -3.01. The number of rotatable bonds is 4. The van der Waals surface area contributed by atoms with Gasteiger partial charge in [-0.3, -0.25) is 4.79 Å². The summed E-state index contributed by atoms with van der Waals surface area (Å²) in [5.74, 6) is -0.354. The number of fused-ring (bicyclic) bond motifs is 1. The van der Waals surface area contributed by atoms with Gasteiger partial charge in [-0.15, -0.1) is 0 Å². The van der Waals surface area contributed by atoms with Gasteiger partial charge in [0.05, 0.1) is 4.90 Å². The number of nitriles is 2. The minimum Gasteiger partial charge on any atom is -0.338 e. The van der Waals surface area contributed by atoms with Crippen LogP contribution in [0, 0.1) is 22.9 Å². The molecule has 10 heteroatoms. The molecule has 0 saturated carbocycles. The topological polar surface area (TPSA) is 109 Å². The second-order valence-electron chi connectivity index (χ2n) is 7.71. The van der Waals surface area contributed by atoms with E-state index in [1.807, 2.05) is 0 Å². The molecule has 2 aromatic carbocycles. The molecule has 1 amide bonds. The summed E-state index contributed by atoms with van der Waals surface area (Å²) in [6.07, 6.45) is 5.40. The molecule has 0 aliphatic carbocycles. The molecule has 0 N–H and O–H groups in total. The van der Waals surface area contributed by atoms with Crippen molar-refractivity contribution < 1.29 is 13.2 Å². The molecular weight excluding hydrogens is 438 g/mol. The number of sulfonamides is 1. The van der Waals surface area contributed by atoms with Crippen LogP contribution in [0.25, 0.3) is 10.8 Å². The number of benzene rings is 2. The van der Waals surface area contributed by atoms with Crippen LogP contribution >= 0.6 is 11.6 Å². The molecule has 2 fully saturated rings. The summed E-state index contributed by atoms with van der Waals surface area (Å²) in [5.41, 5.74) is 0. The number of carbonyl (C=O) groups excluding carboxylic acids is 1. The highest BCUT2D eigenvalue weighted by Crippen LogP contribution is 2.30. The lowest BCUT2D eigenvalue weighted by Crippen LogP contribution is -2.48. The zero-order valence-electron chi connectivity index (χ0n) is 16.6. The van der Waals surface area contributed by atoms with Gasteiger partial charge >= 0.3 is 0 Å². The van der Waals surface area contributed by atoms with Crippen LogP contribution in [0.15, 0.2) is 41.3 Å². The zero-order chi connectivity index (χ0) is 22.2. The third-order valence-electron chi connectivity index (χ3n) is 5.97. The highest BCUT2D eigenvalue weighted by Gasteiger charge is 2.44. The first-order chi connectivity index (χ1) is 14.8. The Morgan fingerprint density at radius 1 is 1.00 bits per heavy atom. The quantitative estimate of drug-likeness (QED) is 0.515. The first kappa shape index (κ1) is 21.2. The van der Waals surface area contributed by atoms with Crippen LogP contribution in [0.2, 0.25) is 5.02 Å². The summed E-state index contributed by atoms with van der Waals surface area (Å²) < 4.78 is 27.1. The molecule has 31 heavy (non-hydrogen) atoms. The van der Waals surface area contributed by atoms with E-state index in [9.17, 15) is 18.5 Å². The van der Waals surface area contributed by atoms with Gasteiger partial charge in [0, 0.05) is 30.7 Å². The Kier molecular flexibility index (Phi) is 5.65. The molecule has 0 aromatic heterocycles. The van der Waals surface area contributed by atoms with E-state index in [1.54, 1.807) is 40.3 Å². The first-order valence-corrected chi connectivity index (χ1v) is 11.8. The summed E-state index contributed by atoms with van der Waals surface area (Å²) in [6, 6.07) is 8.55. The fraction of sp³-hybridized carbons (Fsp3) is 0.381. The van der Waals surface area contributed by atoms with Gasteiger partial charge in [0.2, 0.25) is 5.91 Å². The summed E-state index contributed by atoms with van der Waals surface area (Å²) >= 11 is 5.99. The Balaban J connectivity index is 1.57. The number of hydrogen-bond acceptors (Lipinski definition) is 6. The van der Waals surface area contributed by atoms with Crippen molar-refractivity contribution in [1.82, 2.24) is 14.1 Å². The number of amides is 1. The standard InChI is InChI=1S/C21H20ClN5O3S/c22-17-3-1-16-12-19(4-2-15(16)11-17)31(29,30)27(14-24)20-7-10-26(21(20)28)18-5-8-25(13-23)9-6-18/h1-4,11-12,18,20H,5-10H2. The van der Waals surface area contributed by atoms with Crippen molar-refractivity contribution in [3.8, 4) is 12.4 Å². The van der Waals surface area contributed by atoms with E-state index in [-0.39, 0.29) is 23.3 Å². The maximum Gasteiger partial charge on any atom is 0.273 e. The zero-order valence-corrected chi connectivity index (χ0v) is 18.2. The van der Waals surface area contributed by atoms with Gasteiger partial charge in [-0.05, 0) is 54.3 Å². The largest absolute Gasteiger partial charge is 0.338 e. The van der Waals surface area contributed by atoms with E-state index < -0.39 is 16.1 Å². The van der Waals surface area contributed by atoms with Crippen LogP contribution in [0.1, 0.15) is 19.3 Å². The van der Waals surface area contributed by atoms with Gasteiger partial charge < -0.3 is 9.80 Å². The van der Waals surface area contributed by atoms with Crippen molar-refractivity contribution >= 4 is 38.3 Å². The van der Waals surface area contributed by atoms with E-state index in [1.165, 1.54) is 12.1 Å². The fourth-order valence-corrected chi connectivity index (χ4v) is 5.87. The van der Waals surface area contributed by atoms with Crippen molar-refractivity contribution in [3.63, 3.8) is 0 Å². The molecule has 2 aromatic rings. The van der Waals surface area contributed by atoms with E-state index in [0.29, 0.717) is 47.2 Å². The molecule has 1 unspecified atom stereocenters. The molecule has 160 valence electrons. The SMILES string of the molecule is N#CN1CCC(N2CCC(N(C#N)S(=O)(=O)c3ccc4cc(Cl)ccc4c3)C2=O)CC1. The fourth-order valence-electron chi connectivity index (χ4n) is 4.30. The van der Waals surface area contributed by atoms with Crippen LogP contribution in [0.3, 0.4) is 0 Å². The van der Waals surface area contributed by atoms with Gasteiger partial charge in [0.25, 0.3) is 10.0 Å². The molecule has 4 rings (SSSR count). The molecule has 2 saturated heterocycles. The lowest BCUT2D eigenvalue weighted by molar-refractivity contribution is -0.133. The lowest BCUT2D eigenvalue weighted by atomic mass is 10.0. The number of piperidine rings is 1. The van der Waals surface area contributed by atoms with Gasteiger partial charge in [0.15, 0.2) is 12.4 Å². The summed E-state index contributed by atoms with van der Waals surface area (Å²) in [4.78, 5) is 16.3. The highest BCUT2D eigenvalue weighted by atomic mass is 35.5. The molecule has 0 radical (unpaired) electrons. The number of nitrogens with zero attached hydrogens (tertiary/aromatic N) is 5. The first-order valence-electron chi connectivity index (χ1n) is 9.94. The average molecular weight is 458 g/mol. The van der Waals surface area contributed by atoms with Crippen molar-refractivity contribution in [2.45, 2.75) is 36.2 Å². The van der Waals surface area contributed by atoms with Crippen molar-refractivity contribution in [1.29, 1.82) is 10.5 Å². The maximum atomic E-state index is 13.2. The maximum absolute atomic E-state index is 13.2. The van der Waals surface area contributed by atoms with Crippen molar-refractivity contribution in [2.75, 3.05) is 19.6 Å². The van der Waals surface area contributed by atoms with E-state index in [2.05, 4.69) is 6.19 Å². The van der Waals surface area contributed by atoms with Crippen LogP contribution in [0.5, 0.6) is 0 Å². The average Bonchev–Trinajstić information content (AvgIpc) is 3.14. The second-order valence-corrected chi connectivity index (χ2v) is 9.96. The molecule has 2 aliphatic rings. The van der Waals surface area contributed by atoms with E-state index >= 15 is 0 Å². The highest BCUT2D eigenvalue weighted by molar-refractivity contribution is 7.89. The molecule has 2 aliphatic heterocycles. The minimum atomic E-state index is -4.20. The molecule has 8 nitrogen and oxygen atoms in total. The van der Waals surface area contributed by atoms with Gasteiger partial charge in [-0.1, -0.05) is 23.7 Å². The van der Waals surface area contributed by atoms with Crippen LogP contribution < -0.4 is 0 Å². The van der Waals surface area contributed by atoms with E-state index in [4.69, 9.17) is 16.9 Å². The minimum absolute atomic E-state index is 0.0440. The number of halogens is 1. The summed E-state index contributed by atoms with van der Waals surface area (Å²) in [7, 11) is -4.20. The monoisotopic (exact) mass is 457 g/mol. The third kappa shape index (κ3) is 3.87. The molecule has 2 heterocycles. The van der Waals surface area contributed by atoms with Gasteiger partial charge in [0.1, 0.15) is 6.04 Å².